The maximum absolute atomic E-state index is 12.3. The predicted octanol–water partition coefficient (Wildman–Crippen LogP) is 3.71. The van der Waals surface area contributed by atoms with Gasteiger partial charge in [0.2, 0.25) is 0 Å². The summed E-state index contributed by atoms with van der Waals surface area (Å²) in [6.07, 6.45) is 5.56. The fraction of sp³-hybridized carbons (Fsp3) is 0.824. The van der Waals surface area contributed by atoms with E-state index >= 15 is 0 Å². The lowest BCUT2D eigenvalue weighted by Gasteiger charge is -2.33. The van der Waals surface area contributed by atoms with Crippen LogP contribution in [0.1, 0.15) is 60.3 Å². The Bertz CT molecular complexity index is 371. The zero-order valence-corrected chi connectivity index (χ0v) is 14.3. The van der Waals surface area contributed by atoms with E-state index in [4.69, 9.17) is 10.5 Å². The van der Waals surface area contributed by atoms with Gasteiger partial charge in [-0.05, 0) is 66.2 Å². The number of carbonyl (C=O) groups is 1. The molecule has 1 fully saturated rings. The molecule has 0 radical (unpaired) electrons. The number of hydrogen-bond donors (Lipinski definition) is 1. The van der Waals surface area contributed by atoms with E-state index in [0.717, 1.165) is 32.2 Å². The molecule has 0 aromatic heterocycles. The van der Waals surface area contributed by atoms with Gasteiger partial charge in [0.15, 0.2) is 0 Å². The van der Waals surface area contributed by atoms with Crippen LogP contribution in [0.2, 0.25) is 0 Å². The van der Waals surface area contributed by atoms with Crippen molar-refractivity contribution >= 4 is 6.09 Å². The van der Waals surface area contributed by atoms with Crippen LogP contribution in [0.3, 0.4) is 0 Å². The Kier molecular flexibility index (Phi) is 5.85. The molecule has 1 aliphatic rings. The summed E-state index contributed by atoms with van der Waals surface area (Å²) in [6, 6.07) is 0.182. The van der Waals surface area contributed by atoms with Crippen molar-refractivity contribution < 1.29 is 9.53 Å². The van der Waals surface area contributed by atoms with Crippen molar-refractivity contribution in [1.82, 2.24) is 4.90 Å². The van der Waals surface area contributed by atoms with Gasteiger partial charge in [0, 0.05) is 18.1 Å². The summed E-state index contributed by atoms with van der Waals surface area (Å²) in [4.78, 5) is 14.2. The Morgan fingerprint density at radius 1 is 1.52 bits per heavy atom. The largest absolute Gasteiger partial charge is 0.444 e. The summed E-state index contributed by atoms with van der Waals surface area (Å²) >= 11 is 0. The molecule has 21 heavy (non-hydrogen) atoms. The molecule has 1 heterocycles. The lowest BCUT2D eigenvalue weighted by Crippen LogP contribution is -2.45. The van der Waals surface area contributed by atoms with Crippen molar-refractivity contribution in [3.05, 3.63) is 12.7 Å². The number of nitrogens with two attached hydrogens (primary N) is 1. The van der Waals surface area contributed by atoms with E-state index in [-0.39, 0.29) is 17.7 Å². The molecule has 2 N–H and O–H groups in total. The molecule has 1 saturated heterocycles. The number of hydrogen-bond acceptors (Lipinski definition) is 3. The van der Waals surface area contributed by atoms with E-state index in [2.05, 4.69) is 20.4 Å². The van der Waals surface area contributed by atoms with Gasteiger partial charge in [-0.25, -0.2) is 4.79 Å². The third-order valence-corrected chi connectivity index (χ3v) is 3.99. The summed E-state index contributed by atoms with van der Waals surface area (Å²) in [5.41, 5.74) is 5.44. The Hall–Kier alpha value is -1.03. The Morgan fingerprint density at radius 3 is 2.67 bits per heavy atom. The summed E-state index contributed by atoms with van der Waals surface area (Å²) < 4.78 is 5.52. The average molecular weight is 296 g/mol. The Morgan fingerprint density at radius 2 is 2.14 bits per heavy atom. The summed E-state index contributed by atoms with van der Waals surface area (Å²) in [7, 11) is 0. The number of carbonyl (C=O) groups excluding carboxylic acids is 1. The molecule has 1 unspecified atom stereocenters. The zero-order chi connectivity index (χ0) is 16.3. The fourth-order valence-electron chi connectivity index (χ4n) is 3.00. The molecule has 0 aromatic rings. The standard InChI is InChI=1S/C17H32N2O2/c1-7-8-14(18)10-9-13-11-17(5,6)19(12-13)15(20)21-16(2,3)4/h7,13-14H,1,8-12,18H2,2-6H3/t13-,14?/m0/s1. The minimum Gasteiger partial charge on any atom is -0.444 e. The van der Waals surface area contributed by atoms with E-state index in [0.29, 0.717) is 5.92 Å². The van der Waals surface area contributed by atoms with Gasteiger partial charge in [0.1, 0.15) is 5.60 Å². The van der Waals surface area contributed by atoms with Crippen LogP contribution in [0.15, 0.2) is 12.7 Å². The second kappa shape index (κ2) is 6.82. The summed E-state index contributed by atoms with van der Waals surface area (Å²) in [6.45, 7) is 14.4. The minimum absolute atomic E-state index is 0.143. The smallest absolute Gasteiger partial charge is 0.410 e. The topological polar surface area (TPSA) is 55.6 Å². The molecular formula is C17H32N2O2. The van der Waals surface area contributed by atoms with E-state index in [1.807, 2.05) is 31.7 Å². The first-order chi connectivity index (χ1) is 9.55. The molecule has 1 amide bonds. The van der Waals surface area contributed by atoms with Gasteiger partial charge < -0.3 is 15.4 Å². The molecule has 122 valence electrons. The Balaban J connectivity index is 2.56. The summed E-state index contributed by atoms with van der Waals surface area (Å²) in [5.74, 6) is 0.503. The van der Waals surface area contributed by atoms with E-state index in [1.165, 1.54) is 0 Å². The first-order valence-electron chi connectivity index (χ1n) is 7.92. The maximum atomic E-state index is 12.3. The predicted molar refractivity (Wildman–Crippen MR) is 87.1 cm³/mol. The molecule has 0 spiro atoms. The molecule has 4 nitrogen and oxygen atoms in total. The van der Waals surface area contributed by atoms with Crippen molar-refractivity contribution in [2.45, 2.75) is 77.5 Å². The Labute approximate surface area is 129 Å². The lowest BCUT2D eigenvalue weighted by atomic mass is 9.92. The molecule has 0 bridgehead atoms. The van der Waals surface area contributed by atoms with Crippen LogP contribution >= 0.6 is 0 Å². The highest BCUT2D eigenvalue weighted by Crippen LogP contribution is 2.36. The van der Waals surface area contributed by atoms with Gasteiger partial charge in [-0.15, -0.1) is 6.58 Å². The molecule has 4 heteroatoms. The number of nitrogens with zero attached hydrogens (tertiary/aromatic N) is 1. The number of amides is 1. The average Bonchev–Trinajstić information content (AvgIpc) is 2.60. The first kappa shape index (κ1) is 18.0. The van der Waals surface area contributed by atoms with Crippen LogP contribution in [-0.2, 0) is 4.74 Å². The highest BCUT2D eigenvalue weighted by Gasteiger charge is 2.42. The first-order valence-corrected chi connectivity index (χ1v) is 7.92. The highest BCUT2D eigenvalue weighted by atomic mass is 16.6. The van der Waals surface area contributed by atoms with E-state index < -0.39 is 5.60 Å². The minimum atomic E-state index is -0.447. The van der Waals surface area contributed by atoms with Crippen molar-refractivity contribution in [2.24, 2.45) is 11.7 Å². The van der Waals surface area contributed by atoms with E-state index in [9.17, 15) is 4.79 Å². The van der Waals surface area contributed by atoms with Crippen LogP contribution in [-0.4, -0.2) is 34.7 Å². The van der Waals surface area contributed by atoms with Gasteiger partial charge in [-0.1, -0.05) is 6.08 Å². The second-order valence-corrected chi connectivity index (χ2v) is 7.84. The molecule has 1 rings (SSSR count). The molecule has 1 aliphatic heterocycles. The maximum Gasteiger partial charge on any atom is 0.410 e. The number of rotatable bonds is 5. The quantitative estimate of drug-likeness (QED) is 0.787. The SMILES string of the molecule is C=CCC(N)CC[C@@H]1CN(C(=O)OC(C)(C)C)C(C)(C)C1. The third-order valence-electron chi connectivity index (χ3n) is 3.99. The molecule has 0 aliphatic carbocycles. The van der Waals surface area contributed by atoms with Crippen LogP contribution in [0.25, 0.3) is 0 Å². The van der Waals surface area contributed by atoms with Crippen LogP contribution in [0.4, 0.5) is 4.79 Å². The zero-order valence-electron chi connectivity index (χ0n) is 14.3. The van der Waals surface area contributed by atoms with E-state index in [1.54, 1.807) is 0 Å². The molecule has 0 saturated carbocycles. The number of ether oxygens (including phenoxy) is 1. The lowest BCUT2D eigenvalue weighted by molar-refractivity contribution is 0.0131. The van der Waals surface area contributed by atoms with Crippen molar-refractivity contribution in [2.75, 3.05) is 6.54 Å². The third kappa shape index (κ3) is 5.70. The van der Waals surface area contributed by atoms with Crippen molar-refractivity contribution in [3.63, 3.8) is 0 Å². The monoisotopic (exact) mass is 296 g/mol. The van der Waals surface area contributed by atoms with Gasteiger partial charge >= 0.3 is 6.09 Å². The second-order valence-electron chi connectivity index (χ2n) is 7.84. The van der Waals surface area contributed by atoms with Gasteiger partial charge in [-0.3, -0.25) is 0 Å². The highest BCUT2D eigenvalue weighted by molar-refractivity contribution is 5.69. The molecule has 2 atom stereocenters. The summed E-state index contributed by atoms with van der Waals surface area (Å²) in [5, 5.41) is 0. The van der Waals surface area contributed by atoms with Crippen molar-refractivity contribution in [1.29, 1.82) is 0 Å². The molecular weight excluding hydrogens is 264 g/mol. The van der Waals surface area contributed by atoms with Crippen LogP contribution in [0, 0.1) is 5.92 Å². The normalized spacial score (nSPS) is 23.0. The van der Waals surface area contributed by atoms with Crippen LogP contribution < -0.4 is 5.73 Å². The number of likely N-dealkylation sites (tertiary alicyclic amines) is 1. The van der Waals surface area contributed by atoms with Crippen LogP contribution in [0.5, 0.6) is 0 Å². The fourth-order valence-corrected chi connectivity index (χ4v) is 3.00. The van der Waals surface area contributed by atoms with Gasteiger partial charge in [-0.2, -0.15) is 0 Å². The van der Waals surface area contributed by atoms with Gasteiger partial charge in [0.25, 0.3) is 0 Å². The van der Waals surface area contributed by atoms with Gasteiger partial charge in [0.05, 0.1) is 0 Å². The molecule has 0 aromatic carbocycles. The van der Waals surface area contributed by atoms with Crippen molar-refractivity contribution in [3.8, 4) is 0 Å².